The first-order valence-electron chi connectivity index (χ1n) is 9.27. The third kappa shape index (κ3) is 5.82. The van der Waals surface area contributed by atoms with Crippen LogP contribution in [0.2, 0.25) is 10.0 Å². The first kappa shape index (κ1) is 22.8. The Morgan fingerprint density at radius 1 is 0.867 bits per heavy atom. The van der Waals surface area contributed by atoms with E-state index >= 15 is 0 Å². The van der Waals surface area contributed by atoms with Crippen molar-refractivity contribution in [3.8, 4) is 17.2 Å². The van der Waals surface area contributed by atoms with Gasteiger partial charge >= 0.3 is 0 Å². The number of hydrogen-bond acceptors (Lipinski definition) is 4. The van der Waals surface area contributed by atoms with Gasteiger partial charge in [-0.3, -0.25) is 0 Å². The molecule has 0 atom stereocenters. The van der Waals surface area contributed by atoms with Gasteiger partial charge in [-0.2, -0.15) is 0 Å². The number of hydrogen-bond donors (Lipinski definition) is 1. The van der Waals surface area contributed by atoms with Gasteiger partial charge in [-0.1, -0.05) is 57.3 Å². The Kier molecular flexibility index (Phi) is 8.28. The summed E-state index contributed by atoms with van der Waals surface area (Å²) in [5.74, 6) is 2.10. The molecule has 0 amide bonds. The van der Waals surface area contributed by atoms with Gasteiger partial charge in [0.1, 0.15) is 12.4 Å². The molecule has 0 saturated carbocycles. The molecule has 1 N–H and O–H groups in total. The smallest absolute Gasteiger partial charge is 0.162 e. The van der Waals surface area contributed by atoms with Gasteiger partial charge in [0.2, 0.25) is 0 Å². The quantitative estimate of drug-likeness (QED) is 0.350. The van der Waals surface area contributed by atoms with Crippen LogP contribution in [-0.2, 0) is 19.7 Å². The molecule has 0 aliphatic heterocycles. The van der Waals surface area contributed by atoms with Gasteiger partial charge in [0.25, 0.3) is 0 Å². The highest BCUT2D eigenvalue weighted by Crippen LogP contribution is 2.35. The molecule has 158 valence electrons. The summed E-state index contributed by atoms with van der Waals surface area (Å²) >= 11 is 16.1. The predicted octanol–water partition coefficient (Wildman–Crippen LogP) is 6.64. The SMILES string of the molecule is COc1ccc(CNCc2cc(OC)c(OCc3c(Cl)cccc3Cl)cc2Br)cc1. The minimum atomic E-state index is 0.246. The molecule has 0 aliphatic rings. The first-order chi connectivity index (χ1) is 14.5. The van der Waals surface area contributed by atoms with Crippen LogP contribution in [0.3, 0.4) is 0 Å². The molecule has 3 aromatic rings. The molecule has 0 unspecified atom stereocenters. The van der Waals surface area contributed by atoms with E-state index in [4.69, 9.17) is 37.4 Å². The zero-order valence-electron chi connectivity index (χ0n) is 16.7. The van der Waals surface area contributed by atoms with Gasteiger partial charge in [0.05, 0.1) is 14.2 Å². The van der Waals surface area contributed by atoms with Crippen LogP contribution in [0, 0.1) is 0 Å². The van der Waals surface area contributed by atoms with Crippen molar-refractivity contribution in [2.24, 2.45) is 0 Å². The Labute approximate surface area is 195 Å². The highest BCUT2D eigenvalue weighted by molar-refractivity contribution is 9.10. The lowest BCUT2D eigenvalue weighted by atomic mass is 10.1. The van der Waals surface area contributed by atoms with Gasteiger partial charge < -0.3 is 19.5 Å². The van der Waals surface area contributed by atoms with Crippen molar-refractivity contribution in [3.63, 3.8) is 0 Å². The average Bonchev–Trinajstić information content (AvgIpc) is 2.75. The molecule has 0 radical (unpaired) electrons. The normalized spacial score (nSPS) is 10.7. The number of nitrogens with one attached hydrogen (secondary N) is 1. The molecular weight excluding hydrogens is 489 g/mol. The largest absolute Gasteiger partial charge is 0.497 e. The molecule has 7 heteroatoms. The van der Waals surface area contributed by atoms with Crippen molar-refractivity contribution < 1.29 is 14.2 Å². The Hall–Kier alpha value is -1.92. The molecule has 0 saturated heterocycles. The minimum Gasteiger partial charge on any atom is -0.497 e. The topological polar surface area (TPSA) is 39.7 Å². The Morgan fingerprint density at radius 3 is 2.20 bits per heavy atom. The van der Waals surface area contributed by atoms with E-state index in [1.807, 2.05) is 36.4 Å². The maximum absolute atomic E-state index is 6.23. The Bertz CT molecular complexity index is 976. The molecule has 4 nitrogen and oxygen atoms in total. The van der Waals surface area contributed by atoms with Crippen molar-refractivity contribution in [2.45, 2.75) is 19.7 Å². The fourth-order valence-electron chi connectivity index (χ4n) is 2.89. The number of rotatable bonds is 9. The maximum Gasteiger partial charge on any atom is 0.162 e. The van der Waals surface area contributed by atoms with Crippen LogP contribution in [-0.4, -0.2) is 14.2 Å². The number of ether oxygens (including phenoxy) is 3. The van der Waals surface area contributed by atoms with E-state index in [-0.39, 0.29) is 6.61 Å². The standard InChI is InChI=1S/C23H22BrCl2NO3/c1-28-17-8-6-15(7-9-17)12-27-13-16-10-22(29-2)23(11-19(16)24)30-14-18-20(25)4-3-5-21(18)26/h3-11,27H,12-14H2,1-2H3. The van der Waals surface area contributed by atoms with Crippen LogP contribution in [0.5, 0.6) is 17.2 Å². The van der Waals surface area contributed by atoms with Crippen LogP contribution in [0.25, 0.3) is 0 Å². The molecular formula is C23H22BrCl2NO3. The molecule has 30 heavy (non-hydrogen) atoms. The zero-order chi connectivity index (χ0) is 21.5. The van der Waals surface area contributed by atoms with Crippen LogP contribution >= 0.6 is 39.1 Å². The summed E-state index contributed by atoms with van der Waals surface area (Å²) in [6.07, 6.45) is 0. The zero-order valence-corrected chi connectivity index (χ0v) is 19.8. The molecule has 0 aliphatic carbocycles. The number of methoxy groups -OCH3 is 2. The molecule has 0 aromatic heterocycles. The summed E-state index contributed by atoms with van der Waals surface area (Å²) in [4.78, 5) is 0. The monoisotopic (exact) mass is 509 g/mol. The molecule has 0 spiro atoms. The van der Waals surface area contributed by atoms with Gasteiger partial charge in [0.15, 0.2) is 11.5 Å². The number of halogens is 3. The van der Waals surface area contributed by atoms with Crippen LogP contribution in [0.1, 0.15) is 16.7 Å². The van der Waals surface area contributed by atoms with Crippen molar-refractivity contribution in [1.29, 1.82) is 0 Å². The maximum atomic E-state index is 6.23. The molecule has 0 bridgehead atoms. The lowest BCUT2D eigenvalue weighted by molar-refractivity contribution is 0.284. The highest BCUT2D eigenvalue weighted by atomic mass is 79.9. The van der Waals surface area contributed by atoms with E-state index in [0.29, 0.717) is 28.1 Å². The van der Waals surface area contributed by atoms with Crippen LogP contribution < -0.4 is 19.5 Å². The van der Waals surface area contributed by atoms with Gasteiger partial charge in [-0.05, 0) is 47.5 Å². The summed E-state index contributed by atoms with van der Waals surface area (Å²) < 4.78 is 17.6. The first-order valence-corrected chi connectivity index (χ1v) is 10.8. The van der Waals surface area contributed by atoms with Crippen molar-refractivity contribution in [1.82, 2.24) is 5.32 Å². The minimum absolute atomic E-state index is 0.246. The second-order valence-corrected chi connectivity index (χ2v) is 8.20. The van der Waals surface area contributed by atoms with E-state index in [0.717, 1.165) is 27.9 Å². The van der Waals surface area contributed by atoms with E-state index in [9.17, 15) is 0 Å². The summed E-state index contributed by atoms with van der Waals surface area (Å²) in [6, 6.07) is 17.2. The highest BCUT2D eigenvalue weighted by Gasteiger charge is 2.13. The van der Waals surface area contributed by atoms with E-state index in [1.165, 1.54) is 5.56 Å². The van der Waals surface area contributed by atoms with E-state index < -0.39 is 0 Å². The fraction of sp³-hybridized carbons (Fsp3) is 0.217. The number of benzene rings is 3. The van der Waals surface area contributed by atoms with Crippen LogP contribution in [0.4, 0.5) is 0 Å². The second kappa shape index (κ2) is 10.9. The third-order valence-corrected chi connectivity index (χ3v) is 6.02. The average molecular weight is 511 g/mol. The van der Waals surface area contributed by atoms with E-state index in [1.54, 1.807) is 32.4 Å². The molecule has 0 heterocycles. The lowest BCUT2D eigenvalue weighted by Gasteiger charge is -2.15. The second-order valence-electron chi connectivity index (χ2n) is 6.53. The summed E-state index contributed by atoms with van der Waals surface area (Å²) in [6.45, 7) is 1.65. The lowest BCUT2D eigenvalue weighted by Crippen LogP contribution is -2.13. The van der Waals surface area contributed by atoms with Crippen LogP contribution in [0.15, 0.2) is 59.1 Å². The van der Waals surface area contributed by atoms with E-state index in [2.05, 4.69) is 21.2 Å². The predicted molar refractivity (Wildman–Crippen MR) is 125 cm³/mol. The van der Waals surface area contributed by atoms with Gasteiger partial charge in [-0.25, -0.2) is 0 Å². The Balaban J connectivity index is 1.65. The summed E-state index contributed by atoms with van der Waals surface area (Å²) in [5.41, 5.74) is 2.98. The third-order valence-electron chi connectivity index (χ3n) is 4.57. The Morgan fingerprint density at radius 2 is 1.57 bits per heavy atom. The molecule has 0 fully saturated rings. The van der Waals surface area contributed by atoms with Crippen molar-refractivity contribution in [2.75, 3.05) is 14.2 Å². The van der Waals surface area contributed by atoms with Crippen molar-refractivity contribution >= 4 is 39.1 Å². The van der Waals surface area contributed by atoms with Gasteiger partial charge in [0, 0.05) is 33.2 Å². The van der Waals surface area contributed by atoms with Crippen molar-refractivity contribution in [3.05, 3.63) is 85.8 Å². The van der Waals surface area contributed by atoms with Gasteiger partial charge in [-0.15, -0.1) is 0 Å². The fourth-order valence-corrected chi connectivity index (χ4v) is 3.86. The molecule has 3 rings (SSSR count). The summed E-state index contributed by atoms with van der Waals surface area (Å²) in [7, 11) is 3.28. The molecule has 3 aromatic carbocycles. The summed E-state index contributed by atoms with van der Waals surface area (Å²) in [5, 5.41) is 4.58.